The van der Waals surface area contributed by atoms with Crippen LogP contribution in [0.15, 0.2) is 11.4 Å². The van der Waals surface area contributed by atoms with Gasteiger partial charge in [-0.25, -0.2) is 0 Å². The van der Waals surface area contributed by atoms with Gasteiger partial charge in [-0.3, -0.25) is 0 Å². The van der Waals surface area contributed by atoms with E-state index in [9.17, 15) is 0 Å². The first-order chi connectivity index (χ1) is 3.30. The van der Waals surface area contributed by atoms with Crippen molar-refractivity contribution in [1.29, 1.82) is 0 Å². The second-order valence-corrected chi connectivity index (χ2v) is 2.67. The van der Waals surface area contributed by atoms with Crippen LogP contribution in [0.4, 0.5) is 5.69 Å². The highest BCUT2D eigenvalue weighted by molar-refractivity contribution is 7.15. The fraction of sp³-hybridized carbons (Fsp3) is 0. The molecular formula is C4H5Cl2NS. The number of nitrogen functional groups attached to an aromatic ring is 1. The smallest absolute Gasteiger partial charge is 0.116 e. The Morgan fingerprint density at radius 3 is 2.38 bits per heavy atom. The largest absolute Gasteiger partial charge is 0.397 e. The molecule has 1 aromatic heterocycles. The van der Waals surface area contributed by atoms with Crippen LogP contribution in [0.5, 0.6) is 0 Å². The SMILES string of the molecule is Cl.Nc1ccsc1Cl. The zero-order chi connectivity index (χ0) is 5.28. The molecule has 0 spiro atoms. The van der Waals surface area contributed by atoms with Gasteiger partial charge >= 0.3 is 0 Å². The first-order valence-corrected chi connectivity index (χ1v) is 3.05. The van der Waals surface area contributed by atoms with Crippen molar-refractivity contribution in [3.05, 3.63) is 15.8 Å². The molecule has 0 radical (unpaired) electrons. The number of rotatable bonds is 0. The minimum atomic E-state index is 0. The van der Waals surface area contributed by atoms with Crippen LogP contribution in [-0.2, 0) is 0 Å². The molecule has 0 aromatic carbocycles. The number of hydrogen-bond acceptors (Lipinski definition) is 2. The highest BCUT2D eigenvalue weighted by Crippen LogP contribution is 2.23. The number of thiophene rings is 1. The van der Waals surface area contributed by atoms with Crippen molar-refractivity contribution in [2.45, 2.75) is 0 Å². The number of anilines is 1. The number of halogens is 2. The monoisotopic (exact) mass is 169 g/mol. The van der Waals surface area contributed by atoms with Crippen molar-refractivity contribution in [1.82, 2.24) is 0 Å². The van der Waals surface area contributed by atoms with Gasteiger partial charge in [-0.15, -0.1) is 23.7 Å². The van der Waals surface area contributed by atoms with Crippen molar-refractivity contribution < 1.29 is 0 Å². The highest BCUT2D eigenvalue weighted by atomic mass is 35.5. The predicted octanol–water partition coefficient (Wildman–Crippen LogP) is 2.41. The van der Waals surface area contributed by atoms with Gasteiger partial charge in [0, 0.05) is 0 Å². The summed E-state index contributed by atoms with van der Waals surface area (Å²) in [5.41, 5.74) is 5.99. The van der Waals surface area contributed by atoms with E-state index in [0.29, 0.717) is 10.0 Å². The normalized spacial score (nSPS) is 8.12. The van der Waals surface area contributed by atoms with Gasteiger partial charge in [0.15, 0.2) is 0 Å². The second-order valence-electron chi connectivity index (χ2n) is 1.15. The van der Waals surface area contributed by atoms with E-state index in [-0.39, 0.29) is 12.4 Å². The van der Waals surface area contributed by atoms with E-state index < -0.39 is 0 Å². The first-order valence-electron chi connectivity index (χ1n) is 1.79. The third-order valence-electron chi connectivity index (χ3n) is 0.646. The Hall–Kier alpha value is 0.0800. The molecule has 0 aliphatic carbocycles. The maximum atomic E-state index is 5.52. The quantitative estimate of drug-likeness (QED) is 0.635. The molecule has 0 fully saturated rings. The lowest BCUT2D eigenvalue weighted by Crippen LogP contribution is -1.77. The van der Waals surface area contributed by atoms with Gasteiger partial charge in [0.05, 0.1) is 5.69 Å². The highest BCUT2D eigenvalue weighted by Gasteiger charge is 1.90. The van der Waals surface area contributed by atoms with E-state index in [1.54, 1.807) is 6.07 Å². The van der Waals surface area contributed by atoms with Gasteiger partial charge in [-0.05, 0) is 11.4 Å². The lowest BCUT2D eigenvalue weighted by molar-refractivity contribution is 1.88. The molecular weight excluding hydrogens is 165 g/mol. The molecule has 4 heteroatoms. The van der Waals surface area contributed by atoms with E-state index in [0.717, 1.165) is 0 Å². The molecule has 8 heavy (non-hydrogen) atoms. The standard InChI is InChI=1S/C4H4ClNS.ClH/c5-4-3(6)1-2-7-4;/h1-2H,6H2;1H. The van der Waals surface area contributed by atoms with E-state index in [1.807, 2.05) is 5.38 Å². The van der Waals surface area contributed by atoms with Crippen molar-refractivity contribution in [2.75, 3.05) is 5.73 Å². The minimum Gasteiger partial charge on any atom is -0.397 e. The Labute approximate surface area is 62.9 Å². The lowest BCUT2D eigenvalue weighted by Gasteiger charge is -1.78. The van der Waals surface area contributed by atoms with Crippen LogP contribution in [0.3, 0.4) is 0 Å². The van der Waals surface area contributed by atoms with Crippen LogP contribution in [0.1, 0.15) is 0 Å². The molecule has 1 nitrogen and oxygen atoms in total. The van der Waals surface area contributed by atoms with Crippen LogP contribution in [-0.4, -0.2) is 0 Å². The maximum Gasteiger partial charge on any atom is 0.116 e. The number of nitrogens with two attached hydrogens (primary N) is 1. The van der Waals surface area contributed by atoms with Crippen LogP contribution < -0.4 is 5.73 Å². The average molecular weight is 170 g/mol. The van der Waals surface area contributed by atoms with Crippen molar-refractivity contribution >= 4 is 41.0 Å². The topological polar surface area (TPSA) is 26.0 Å². The Bertz CT molecular complexity index is 146. The van der Waals surface area contributed by atoms with Crippen LogP contribution in [0, 0.1) is 0 Å². The summed E-state index contributed by atoms with van der Waals surface area (Å²) in [4.78, 5) is 0. The maximum absolute atomic E-state index is 5.52. The Kier molecular flexibility index (Phi) is 3.21. The molecule has 0 aliphatic heterocycles. The molecule has 0 unspecified atom stereocenters. The second kappa shape index (κ2) is 3.17. The molecule has 0 bridgehead atoms. The molecule has 0 atom stereocenters. The van der Waals surface area contributed by atoms with E-state index in [4.69, 9.17) is 17.3 Å². The Morgan fingerprint density at radius 1 is 1.62 bits per heavy atom. The van der Waals surface area contributed by atoms with Gasteiger partial charge in [0.2, 0.25) is 0 Å². The summed E-state index contributed by atoms with van der Waals surface area (Å²) < 4.78 is 0.681. The van der Waals surface area contributed by atoms with E-state index in [2.05, 4.69) is 0 Å². The van der Waals surface area contributed by atoms with Crippen molar-refractivity contribution in [3.63, 3.8) is 0 Å². The van der Waals surface area contributed by atoms with E-state index in [1.165, 1.54) is 11.3 Å². The molecule has 2 N–H and O–H groups in total. The molecule has 0 saturated carbocycles. The summed E-state index contributed by atoms with van der Waals surface area (Å²) in [6, 6.07) is 1.78. The summed E-state index contributed by atoms with van der Waals surface area (Å²) in [5, 5.41) is 1.86. The molecule has 0 saturated heterocycles. The zero-order valence-electron chi connectivity index (χ0n) is 3.93. The lowest BCUT2D eigenvalue weighted by atomic mass is 10.6. The van der Waals surface area contributed by atoms with Crippen molar-refractivity contribution in [2.24, 2.45) is 0 Å². The third-order valence-corrected chi connectivity index (χ3v) is 1.85. The Balaban J connectivity index is 0.000000490. The molecule has 0 amide bonds. The average Bonchev–Trinajstić information content (AvgIpc) is 1.91. The summed E-state index contributed by atoms with van der Waals surface area (Å²) in [6.07, 6.45) is 0. The van der Waals surface area contributed by atoms with Gasteiger partial charge in [-0.2, -0.15) is 0 Å². The van der Waals surface area contributed by atoms with Gasteiger partial charge in [0.1, 0.15) is 4.34 Å². The van der Waals surface area contributed by atoms with Crippen LogP contribution >= 0.6 is 35.3 Å². The zero-order valence-corrected chi connectivity index (χ0v) is 6.32. The molecule has 46 valence electrons. The summed E-state index contributed by atoms with van der Waals surface area (Å²) in [5.74, 6) is 0. The van der Waals surface area contributed by atoms with Crippen LogP contribution in [0.2, 0.25) is 4.34 Å². The first kappa shape index (κ1) is 8.08. The van der Waals surface area contributed by atoms with Crippen LogP contribution in [0.25, 0.3) is 0 Å². The number of hydrogen-bond donors (Lipinski definition) is 1. The summed E-state index contributed by atoms with van der Waals surface area (Å²) >= 11 is 6.96. The van der Waals surface area contributed by atoms with Gasteiger partial charge in [0.25, 0.3) is 0 Å². The summed E-state index contributed by atoms with van der Waals surface area (Å²) in [7, 11) is 0. The Morgan fingerprint density at radius 2 is 2.25 bits per heavy atom. The van der Waals surface area contributed by atoms with Gasteiger partial charge < -0.3 is 5.73 Å². The fourth-order valence-corrected chi connectivity index (χ4v) is 1.06. The minimum absolute atomic E-state index is 0. The van der Waals surface area contributed by atoms with Crippen molar-refractivity contribution in [3.8, 4) is 0 Å². The predicted molar refractivity (Wildman–Crippen MR) is 41.0 cm³/mol. The third kappa shape index (κ3) is 1.54. The molecule has 1 heterocycles. The fourth-order valence-electron chi connectivity index (χ4n) is 0.301. The van der Waals surface area contributed by atoms with Gasteiger partial charge in [-0.1, -0.05) is 11.6 Å². The molecule has 1 rings (SSSR count). The molecule has 1 aromatic rings. The molecule has 0 aliphatic rings. The van der Waals surface area contributed by atoms with E-state index >= 15 is 0 Å². The summed E-state index contributed by atoms with van der Waals surface area (Å²) in [6.45, 7) is 0.